The zero-order valence-electron chi connectivity index (χ0n) is 9.35. The highest BCUT2D eigenvalue weighted by molar-refractivity contribution is 5.41. The first-order valence-electron chi connectivity index (χ1n) is 4.94. The van der Waals surface area contributed by atoms with Gasteiger partial charge in [-0.25, -0.2) is 8.78 Å². The van der Waals surface area contributed by atoms with Crippen molar-refractivity contribution in [2.75, 3.05) is 20.8 Å². The standard InChI is InChI=1S/C11H15F2NO2/c1-15-8-6-9(16-2)11(13)7(10(8)12)4-3-5-14/h6H,3-5,14H2,1-2H3. The summed E-state index contributed by atoms with van der Waals surface area (Å²) in [5, 5.41) is 0. The minimum Gasteiger partial charge on any atom is -0.494 e. The van der Waals surface area contributed by atoms with Crippen molar-refractivity contribution in [1.82, 2.24) is 0 Å². The smallest absolute Gasteiger partial charge is 0.171 e. The van der Waals surface area contributed by atoms with Gasteiger partial charge in [-0.3, -0.25) is 0 Å². The second-order valence-corrected chi connectivity index (χ2v) is 3.28. The number of nitrogens with two attached hydrogens (primary N) is 1. The molecule has 16 heavy (non-hydrogen) atoms. The van der Waals surface area contributed by atoms with E-state index >= 15 is 0 Å². The summed E-state index contributed by atoms with van der Waals surface area (Å²) in [7, 11) is 2.64. The molecule has 0 amide bonds. The van der Waals surface area contributed by atoms with E-state index in [9.17, 15) is 8.78 Å². The second-order valence-electron chi connectivity index (χ2n) is 3.28. The van der Waals surface area contributed by atoms with Gasteiger partial charge in [0, 0.05) is 11.6 Å². The second kappa shape index (κ2) is 5.65. The Bertz CT molecular complexity index is 341. The van der Waals surface area contributed by atoms with Gasteiger partial charge in [0.1, 0.15) is 0 Å². The van der Waals surface area contributed by atoms with Crippen LogP contribution in [-0.2, 0) is 6.42 Å². The number of benzene rings is 1. The van der Waals surface area contributed by atoms with Crippen LogP contribution >= 0.6 is 0 Å². The number of hydrogen-bond acceptors (Lipinski definition) is 3. The molecule has 0 bridgehead atoms. The molecule has 0 spiro atoms. The topological polar surface area (TPSA) is 44.5 Å². The van der Waals surface area contributed by atoms with E-state index in [1.165, 1.54) is 20.3 Å². The molecule has 1 rings (SSSR count). The lowest BCUT2D eigenvalue weighted by atomic mass is 10.1. The van der Waals surface area contributed by atoms with Crippen LogP contribution in [-0.4, -0.2) is 20.8 Å². The van der Waals surface area contributed by atoms with Crippen LogP contribution in [0.25, 0.3) is 0 Å². The SMILES string of the molecule is COc1cc(OC)c(F)c(CCCN)c1F. The van der Waals surface area contributed by atoms with Crippen LogP contribution in [0, 0.1) is 11.6 Å². The summed E-state index contributed by atoms with van der Waals surface area (Å²) < 4.78 is 37.0. The summed E-state index contributed by atoms with van der Waals surface area (Å²) in [6.07, 6.45) is 0.728. The molecular formula is C11H15F2NO2. The summed E-state index contributed by atoms with van der Waals surface area (Å²) in [5.41, 5.74) is 5.27. The third-order valence-corrected chi connectivity index (χ3v) is 2.30. The zero-order chi connectivity index (χ0) is 12.1. The van der Waals surface area contributed by atoms with Crippen LogP contribution in [0.2, 0.25) is 0 Å². The van der Waals surface area contributed by atoms with E-state index in [0.29, 0.717) is 13.0 Å². The van der Waals surface area contributed by atoms with Crippen LogP contribution in [0.5, 0.6) is 11.5 Å². The van der Waals surface area contributed by atoms with Crippen molar-refractivity contribution in [1.29, 1.82) is 0 Å². The molecular weight excluding hydrogens is 216 g/mol. The fourth-order valence-electron chi connectivity index (χ4n) is 1.43. The molecule has 0 fully saturated rings. The maximum Gasteiger partial charge on any atom is 0.171 e. The predicted octanol–water partition coefficient (Wildman–Crippen LogP) is 1.87. The van der Waals surface area contributed by atoms with E-state index in [-0.39, 0.29) is 23.5 Å². The van der Waals surface area contributed by atoms with Crippen molar-refractivity contribution >= 4 is 0 Å². The summed E-state index contributed by atoms with van der Waals surface area (Å²) in [5.74, 6) is -1.42. The molecule has 0 unspecified atom stereocenters. The predicted molar refractivity (Wildman–Crippen MR) is 56.8 cm³/mol. The van der Waals surface area contributed by atoms with E-state index in [1.807, 2.05) is 0 Å². The number of hydrogen-bond donors (Lipinski definition) is 1. The molecule has 2 N–H and O–H groups in total. The molecule has 0 aliphatic carbocycles. The average Bonchev–Trinajstić information content (AvgIpc) is 2.29. The molecule has 90 valence electrons. The third kappa shape index (κ3) is 2.41. The molecule has 1 aromatic rings. The minimum absolute atomic E-state index is 0.0229. The first-order chi connectivity index (χ1) is 7.65. The Morgan fingerprint density at radius 3 is 2.00 bits per heavy atom. The minimum atomic E-state index is -0.686. The quantitative estimate of drug-likeness (QED) is 0.841. The van der Waals surface area contributed by atoms with E-state index in [2.05, 4.69) is 0 Å². The average molecular weight is 231 g/mol. The monoisotopic (exact) mass is 231 g/mol. The van der Waals surface area contributed by atoms with Gasteiger partial charge < -0.3 is 15.2 Å². The van der Waals surface area contributed by atoms with Crippen LogP contribution in [0.15, 0.2) is 6.07 Å². The summed E-state index contributed by atoms with van der Waals surface area (Å²) in [4.78, 5) is 0. The van der Waals surface area contributed by atoms with Gasteiger partial charge in [-0.05, 0) is 19.4 Å². The third-order valence-electron chi connectivity index (χ3n) is 2.30. The van der Waals surface area contributed by atoms with Crippen LogP contribution in [0.1, 0.15) is 12.0 Å². The number of methoxy groups -OCH3 is 2. The Labute approximate surface area is 93.2 Å². The van der Waals surface area contributed by atoms with Gasteiger partial charge in [0.15, 0.2) is 23.1 Å². The number of ether oxygens (including phenoxy) is 2. The molecule has 0 saturated carbocycles. The van der Waals surface area contributed by atoms with Gasteiger partial charge in [-0.2, -0.15) is 0 Å². The summed E-state index contributed by atoms with van der Waals surface area (Å²) in [6, 6.07) is 1.19. The Morgan fingerprint density at radius 2 is 1.62 bits per heavy atom. The van der Waals surface area contributed by atoms with Gasteiger partial charge in [0.2, 0.25) is 0 Å². The van der Waals surface area contributed by atoms with Crippen LogP contribution in [0.3, 0.4) is 0 Å². The fraction of sp³-hybridized carbons (Fsp3) is 0.455. The van der Waals surface area contributed by atoms with E-state index in [0.717, 1.165) is 0 Å². The Kier molecular flexibility index (Phi) is 4.49. The van der Waals surface area contributed by atoms with Gasteiger partial charge >= 0.3 is 0 Å². The Morgan fingerprint density at radius 1 is 1.12 bits per heavy atom. The Balaban J connectivity index is 3.20. The maximum absolute atomic E-state index is 13.7. The lowest BCUT2D eigenvalue weighted by Crippen LogP contribution is -2.06. The van der Waals surface area contributed by atoms with Crippen LogP contribution < -0.4 is 15.2 Å². The molecule has 0 aliphatic heterocycles. The highest BCUT2D eigenvalue weighted by atomic mass is 19.1. The molecule has 0 heterocycles. The molecule has 5 heteroatoms. The van der Waals surface area contributed by atoms with Crippen molar-refractivity contribution in [3.8, 4) is 11.5 Å². The lowest BCUT2D eigenvalue weighted by molar-refractivity contribution is 0.353. The van der Waals surface area contributed by atoms with Gasteiger partial charge in [-0.1, -0.05) is 0 Å². The fourth-order valence-corrected chi connectivity index (χ4v) is 1.43. The largest absolute Gasteiger partial charge is 0.494 e. The highest BCUT2D eigenvalue weighted by Crippen LogP contribution is 2.31. The Hall–Kier alpha value is -1.36. The van der Waals surface area contributed by atoms with Crippen molar-refractivity contribution < 1.29 is 18.3 Å². The summed E-state index contributed by atoms with van der Waals surface area (Å²) in [6.45, 7) is 0.373. The van der Waals surface area contributed by atoms with Crippen molar-refractivity contribution in [3.05, 3.63) is 23.3 Å². The molecule has 0 aliphatic rings. The van der Waals surface area contributed by atoms with Crippen molar-refractivity contribution in [2.24, 2.45) is 5.73 Å². The van der Waals surface area contributed by atoms with Crippen molar-refractivity contribution in [2.45, 2.75) is 12.8 Å². The summed E-state index contributed by atoms with van der Waals surface area (Å²) >= 11 is 0. The molecule has 0 atom stereocenters. The van der Waals surface area contributed by atoms with Gasteiger partial charge in [0.05, 0.1) is 14.2 Å². The first-order valence-corrected chi connectivity index (χ1v) is 4.94. The first kappa shape index (κ1) is 12.7. The normalized spacial score (nSPS) is 10.3. The molecule has 3 nitrogen and oxygen atoms in total. The van der Waals surface area contributed by atoms with Gasteiger partial charge in [-0.15, -0.1) is 0 Å². The highest BCUT2D eigenvalue weighted by Gasteiger charge is 2.19. The lowest BCUT2D eigenvalue weighted by Gasteiger charge is -2.12. The molecule has 0 aromatic heterocycles. The zero-order valence-corrected chi connectivity index (χ0v) is 9.35. The number of halogens is 2. The molecule has 1 aromatic carbocycles. The van der Waals surface area contributed by atoms with Crippen molar-refractivity contribution in [3.63, 3.8) is 0 Å². The van der Waals surface area contributed by atoms with Crippen LogP contribution in [0.4, 0.5) is 8.78 Å². The van der Waals surface area contributed by atoms with E-state index in [1.54, 1.807) is 0 Å². The number of rotatable bonds is 5. The van der Waals surface area contributed by atoms with Gasteiger partial charge in [0.25, 0.3) is 0 Å². The van der Waals surface area contributed by atoms with E-state index in [4.69, 9.17) is 15.2 Å². The maximum atomic E-state index is 13.7. The molecule has 0 radical (unpaired) electrons. The van der Waals surface area contributed by atoms with E-state index < -0.39 is 11.6 Å². The molecule has 0 saturated heterocycles.